The molecule has 2 aromatic rings. The quantitative estimate of drug-likeness (QED) is 0.846. The minimum atomic E-state index is -4.37. The van der Waals surface area contributed by atoms with Crippen LogP contribution >= 0.6 is 0 Å². The molecule has 154 valence electrons. The van der Waals surface area contributed by atoms with E-state index in [1.807, 2.05) is 4.90 Å². The Hall–Kier alpha value is -3.10. The lowest BCUT2D eigenvalue weighted by molar-refractivity contribution is -0.367. The predicted molar refractivity (Wildman–Crippen MR) is 101 cm³/mol. The maximum atomic E-state index is 12.7. The van der Waals surface area contributed by atoms with Crippen LogP contribution in [0.3, 0.4) is 0 Å². The summed E-state index contributed by atoms with van der Waals surface area (Å²) in [6.45, 7) is 3.50. The molecule has 9 heteroatoms. The average Bonchev–Trinajstić information content (AvgIpc) is 2.69. The SMILES string of the molecule is CC(=O)Nc1ccc(CC(=O)N2CCN(c3ccc(C(F)(F)F)c[nH+]3)CC2)cc1. The molecule has 2 N–H and O–H groups in total. The number of amides is 2. The molecular formula is C20H22F3N4O2+. The second kappa shape index (κ2) is 8.50. The Bertz CT molecular complexity index is 859. The highest BCUT2D eigenvalue weighted by Crippen LogP contribution is 2.28. The molecule has 0 radical (unpaired) electrons. The van der Waals surface area contributed by atoms with Gasteiger partial charge in [-0.1, -0.05) is 12.1 Å². The van der Waals surface area contributed by atoms with Gasteiger partial charge in [-0.05, 0) is 23.8 Å². The second-order valence-corrected chi connectivity index (χ2v) is 6.88. The Kier molecular flexibility index (Phi) is 6.05. The standard InChI is InChI=1S/C20H21F3N4O2/c1-14(28)25-17-5-2-15(3-6-17)12-19(29)27-10-8-26(9-11-27)18-7-4-16(13-24-18)20(21,22)23/h2-7,13H,8-12H2,1H3,(H,25,28)/p+1. The van der Waals surface area contributed by atoms with Crippen molar-refractivity contribution in [2.75, 3.05) is 36.4 Å². The van der Waals surface area contributed by atoms with Crippen molar-refractivity contribution in [2.24, 2.45) is 0 Å². The number of halogens is 3. The number of anilines is 2. The highest BCUT2D eigenvalue weighted by molar-refractivity contribution is 5.88. The third kappa shape index (κ3) is 5.46. The highest BCUT2D eigenvalue weighted by Gasteiger charge is 2.33. The van der Waals surface area contributed by atoms with Crippen molar-refractivity contribution in [1.82, 2.24) is 4.90 Å². The van der Waals surface area contributed by atoms with Crippen molar-refractivity contribution in [3.05, 3.63) is 53.7 Å². The minimum absolute atomic E-state index is 0.00618. The zero-order valence-electron chi connectivity index (χ0n) is 15.9. The molecule has 1 aliphatic heterocycles. The van der Waals surface area contributed by atoms with Crippen LogP contribution in [0, 0.1) is 0 Å². The maximum Gasteiger partial charge on any atom is 0.419 e. The summed E-state index contributed by atoms with van der Waals surface area (Å²) in [7, 11) is 0. The van der Waals surface area contributed by atoms with E-state index in [-0.39, 0.29) is 18.2 Å². The Balaban J connectivity index is 1.52. The summed E-state index contributed by atoms with van der Waals surface area (Å²) in [5.41, 5.74) is 0.803. The number of alkyl halides is 3. The monoisotopic (exact) mass is 407 g/mol. The smallest absolute Gasteiger partial charge is 0.335 e. The molecule has 2 heterocycles. The number of nitrogens with zero attached hydrogens (tertiary/aromatic N) is 2. The van der Waals surface area contributed by atoms with Gasteiger partial charge < -0.3 is 10.2 Å². The van der Waals surface area contributed by atoms with E-state index in [9.17, 15) is 22.8 Å². The molecule has 1 fully saturated rings. The molecule has 0 spiro atoms. The van der Waals surface area contributed by atoms with E-state index in [2.05, 4.69) is 10.3 Å². The zero-order valence-corrected chi connectivity index (χ0v) is 15.9. The van der Waals surface area contributed by atoms with E-state index in [0.29, 0.717) is 37.7 Å². The number of pyridine rings is 1. The Morgan fingerprint density at radius 2 is 1.69 bits per heavy atom. The molecule has 0 saturated carbocycles. The number of aromatic amines is 1. The number of carbonyl (C=O) groups is 2. The summed E-state index contributed by atoms with van der Waals surface area (Å²) in [6.07, 6.45) is -3.16. The summed E-state index contributed by atoms with van der Waals surface area (Å²) in [5, 5.41) is 2.68. The molecular weight excluding hydrogens is 385 g/mol. The van der Waals surface area contributed by atoms with E-state index in [1.54, 1.807) is 29.2 Å². The Labute approximate surface area is 166 Å². The van der Waals surface area contributed by atoms with Gasteiger partial charge in [0.2, 0.25) is 11.8 Å². The van der Waals surface area contributed by atoms with Gasteiger partial charge in [-0.3, -0.25) is 14.5 Å². The van der Waals surface area contributed by atoms with Crippen LogP contribution in [0.2, 0.25) is 0 Å². The number of aromatic nitrogens is 1. The number of hydrogen-bond acceptors (Lipinski definition) is 3. The van der Waals surface area contributed by atoms with Crippen LogP contribution in [0.5, 0.6) is 0 Å². The highest BCUT2D eigenvalue weighted by atomic mass is 19.4. The summed E-state index contributed by atoms with van der Waals surface area (Å²) in [6, 6.07) is 9.57. The molecule has 1 aromatic carbocycles. The van der Waals surface area contributed by atoms with Gasteiger partial charge in [0.05, 0.1) is 25.1 Å². The van der Waals surface area contributed by atoms with E-state index < -0.39 is 11.7 Å². The molecule has 2 amide bonds. The molecule has 3 rings (SSSR count). The van der Waals surface area contributed by atoms with Gasteiger partial charge in [0.25, 0.3) is 5.82 Å². The number of rotatable bonds is 4. The number of benzene rings is 1. The molecule has 0 unspecified atom stereocenters. The largest absolute Gasteiger partial charge is 0.419 e. The molecule has 0 bridgehead atoms. The Morgan fingerprint density at radius 1 is 1.03 bits per heavy atom. The molecule has 29 heavy (non-hydrogen) atoms. The van der Waals surface area contributed by atoms with Gasteiger partial charge >= 0.3 is 6.18 Å². The van der Waals surface area contributed by atoms with Crippen molar-refractivity contribution in [2.45, 2.75) is 19.5 Å². The predicted octanol–water partition coefficient (Wildman–Crippen LogP) is 2.37. The lowest BCUT2D eigenvalue weighted by Crippen LogP contribution is -2.50. The summed E-state index contributed by atoms with van der Waals surface area (Å²) < 4.78 is 38.0. The number of H-pyrrole nitrogens is 1. The van der Waals surface area contributed by atoms with Crippen LogP contribution in [0.25, 0.3) is 0 Å². The van der Waals surface area contributed by atoms with E-state index in [0.717, 1.165) is 17.8 Å². The van der Waals surface area contributed by atoms with Crippen LogP contribution in [0.1, 0.15) is 18.1 Å². The number of hydrogen-bond donors (Lipinski definition) is 1. The van der Waals surface area contributed by atoms with E-state index in [4.69, 9.17) is 0 Å². The molecule has 0 atom stereocenters. The summed E-state index contributed by atoms with van der Waals surface area (Å²) >= 11 is 0. The van der Waals surface area contributed by atoms with Gasteiger partial charge in [0, 0.05) is 18.7 Å². The number of carbonyl (C=O) groups excluding carboxylic acids is 2. The van der Waals surface area contributed by atoms with Crippen LogP contribution < -0.4 is 15.2 Å². The van der Waals surface area contributed by atoms with Crippen LogP contribution in [-0.2, 0) is 22.2 Å². The fraction of sp³-hybridized carbons (Fsp3) is 0.350. The van der Waals surface area contributed by atoms with Crippen molar-refractivity contribution in [3.8, 4) is 0 Å². The van der Waals surface area contributed by atoms with Crippen molar-refractivity contribution >= 4 is 23.3 Å². The van der Waals surface area contributed by atoms with Crippen LogP contribution in [0.15, 0.2) is 42.6 Å². The van der Waals surface area contributed by atoms with E-state index in [1.165, 1.54) is 13.0 Å². The van der Waals surface area contributed by atoms with Crippen LogP contribution in [-0.4, -0.2) is 42.9 Å². The van der Waals surface area contributed by atoms with Crippen molar-refractivity contribution in [3.63, 3.8) is 0 Å². The second-order valence-electron chi connectivity index (χ2n) is 6.88. The zero-order chi connectivity index (χ0) is 21.0. The van der Waals surface area contributed by atoms with Crippen molar-refractivity contribution < 1.29 is 27.7 Å². The number of nitrogens with one attached hydrogen (secondary N) is 2. The summed E-state index contributed by atoms with van der Waals surface area (Å²) in [4.78, 5) is 29.9. The molecule has 0 aliphatic carbocycles. The average molecular weight is 407 g/mol. The molecule has 1 aliphatic rings. The fourth-order valence-electron chi connectivity index (χ4n) is 3.18. The summed E-state index contributed by atoms with van der Waals surface area (Å²) in [5.74, 6) is 0.434. The Morgan fingerprint density at radius 3 is 2.21 bits per heavy atom. The van der Waals surface area contributed by atoms with Crippen molar-refractivity contribution in [1.29, 1.82) is 0 Å². The third-order valence-electron chi connectivity index (χ3n) is 4.73. The lowest BCUT2D eigenvalue weighted by atomic mass is 10.1. The van der Waals surface area contributed by atoms with E-state index >= 15 is 0 Å². The lowest BCUT2D eigenvalue weighted by Gasteiger charge is -2.31. The third-order valence-corrected chi connectivity index (χ3v) is 4.73. The van der Waals surface area contributed by atoms with Gasteiger partial charge in [-0.15, -0.1) is 0 Å². The molecule has 6 nitrogen and oxygen atoms in total. The van der Waals surface area contributed by atoms with Gasteiger partial charge in [0.15, 0.2) is 0 Å². The normalized spacial score (nSPS) is 14.6. The van der Waals surface area contributed by atoms with Gasteiger partial charge in [0.1, 0.15) is 19.3 Å². The first-order chi connectivity index (χ1) is 13.7. The molecule has 1 saturated heterocycles. The topological polar surface area (TPSA) is 66.8 Å². The number of piperazine rings is 1. The first-order valence-electron chi connectivity index (χ1n) is 9.20. The van der Waals surface area contributed by atoms with Crippen LogP contribution in [0.4, 0.5) is 24.7 Å². The first-order valence-corrected chi connectivity index (χ1v) is 9.20. The molecule has 1 aromatic heterocycles. The van der Waals surface area contributed by atoms with Gasteiger partial charge in [-0.2, -0.15) is 13.2 Å². The maximum absolute atomic E-state index is 12.7. The minimum Gasteiger partial charge on any atom is -0.335 e. The fourth-order valence-corrected chi connectivity index (χ4v) is 3.18. The first kappa shape index (κ1) is 20.6. The van der Waals surface area contributed by atoms with Gasteiger partial charge in [-0.25, -0.2) is 4.98 Å².